The number of urea groups is 1. The molecular formula is C24H31N5O4. The first-order chi connectivity index (χ1) is 15.5. The zero-order valence-corrected chi connectivity index (χ0v) is 19.4. The zero-order chi connectivity index (χ0) is 23.9. The number of amides is 3. The number of rotatable bonds is 5. The molecule has 0 fully saturated rings. The third kappa shape index (κ3) is 4.73. The molecule has 3 amide bonds. The van der Waals surface area contributed by atoms with Gasteiger partial charge in [0.15, 0.2) is 5.82 Å². The van der Waals surface area contributed by atoms with Crippen molar-refractivity contribution in [2.75, 3.05) is 5.32 Å². The Hall–Kier alpha value is -3.33. The van der Waals surface area contributed by atoms with E-state index in [1.54, 1.807) is 25.1 Å². The average Bonchev–Trinajstić information content (AvgIpc) is 3.30. The van der Waals surface area contributed by atoms with Gasteiger partial charge >= 0.3 is 6.03 Å². The van der Waals surface area contributed by atoms with E-state index in [9.17, 15) is 14.7 Å². The van der Waals surface area contributed by atoms with E-state index >= 15 is 0 Å². The molecule has 0 saturated carbocycles. The highest BCUT2D eigenvalue weighted by atomic mass is 16.5. The lowest BCUT2D eigenvalue weighted by Gasteiger charge is -2.25. The molecule has 0 spiro atoms. The van der Waals surface area contributed by atoms with Crippen LogP contribution in [0.25, 0.3) is 10.9 Å². The predicted molar refractivity (Wildman–Crippen MR) is 125 cm³/mol. The van der Waals surface area contributed by atoms with Gasteiger partial charge in [-0.25, -0.2) is 4.79 Å². The Morgan fingerprint density at radius 3 is 2.73 bits per heavy atom. The molecule has 9 heteroatoms. The fourth-order valence-electron chi connectivity index (χ4n) is 4.42. The van der Waals surface area contributed by atoms with Crippen molar-refractivity contribution >= 4 is 28.7 Å². The number of primary amides is 1. The standard InChI is InChI=1S/C24H31N5O4/c1-13(30)12-29-18-7-5-14(22(25)31)9-16(18)17-10-15(6-8-19(17)29)26-23(32)27-21-11-20(33-28-21)24(2,3)4/h5,7,9,11,13,15,30H,6,8,10,12H2,1-4H3,(H2,25,31)(H2,26,27,28,32). The Labute approximate surface area is 192 Å². The summed E-state index contributed by atoms with van der Waals surface area (Å²) in [6, 6.07) is 6.69. The maximum atomic E-state index is 12.6. The third-order valence-electron chi connectivity index (χ3n) is 6.02. The number of hydrogen-bond donors (Lipinski definition) is 4. The first-order valence-electron chi connectivity index (χ1n) is 11.2. The van der Waals surface area contributed by atoms with Crippen LogP contribution in [0.5, 0.6) is 0 Å². The topological polar surface area (TPSA) is 135 Å². The number of aliphatic hydroxyl groups is 1. The highest BCUT2D eigenvalue weighted by Crippen LogP contribution is 2.33. The number of aliphatic hydroxyl groups excluding tert-OH is 1. The summed E-state index contributed by atoms with van der Waals surface area (Å²) in [5, 5.41) is 20.7. The quantitative estimate of drug-likeness (QED) is 0.471. The van der Waals surface area contributed by atoms with Crippen LogP contribution in [-0.4, -0.2) is 38.9 Å². The van der Waals surface area contributed by atoms with Crippen molar-refractivity contribution in [2.24, 2.45) is 5.73 Å². The van der Waals surface area contributed by atoms with Gasteiger partial charge < -0.3 is 25.2 Å². The normalized spacial score (nSPS) is 16.9. The lowest BCUT2D eigenvalue weighted by atomic mass is 9.91. The summed E-state index contributed by atoms with van der Waals surface area (Å²) in [6.45, 7) is 8.24. The molecule has 1 aliphatic carbocycles. The van der Waals surface area contributed by atoms with E-state index in [2.05, 4.69) is 20.4 Å². The lowest BCUT2D eigenvalue weighted by molar-refractivity contribution is 0.100. The molecular weight excluding hydrogens is 422 g/mol. The third-order valence-corrected chi connectivity index (χ3v) is 6.02. The largest absolute Gasteiger partial charge is 0.392 e. The molecule has 5 N–H and O–H groups in total. The predicted octanol–water partition coefficient (Wildman–Crippen LogP) is 3.09. The van der Waals surface area contributed by atoms with E-state index in [1.807, 2.05) is 26.8 Å². The number of hydrogen-bond acceptors (Lipinski definition) is 5. The van der Waals surface area contributed by atoms with Crippen LogP contribution in [0.3, 0.4) is 0 Å². The first kappa shape index (κ1) is 22.8. The Morgan fingerprint density at radius 2 is 2.09 bits per heavy atom. The summed E-state index contributed by atoms with van der Waals surface area (Å²) in [4.78, 5) is 24.3. The highest BCUT2D eigenvalue weighted by molar-refractivity contribution is 5.98. The molecule has 1 aliphatic rings. The van der Waals surface area contributed by atoms with Gasteiger partial charge in [0, 0.05) is 46.2 Å². The number of carbonyl (C=O) groups is 2. The molecule has 2 aromatic heterocycles. The second-order valence-electron chi connectivity index (χ2n) is 9.85. The molecule has 0 saturated heterocycles. The Kier molecular flexibility index (Phi) is 5.92. The fraction of sp³-hybridized carbons (Fsp3) is 0.458. The van der Waals surface area contributed by atoms with Gasteiger partial charge in [-0.1, -0.05) is 25.9 Å². The smallest absolute Gasteiger partial charge is 0.320 e. The molecule has 1 aromatic carbocycles. The second kappa shape index (κ2) is 8.55. The SMILES string of the molecule is CC(O)Cn1c2c(c3cc(C(N)=O)ccc31)CC(NC(=O)Nc1cc(C(C)(C)C)on1)CC2. The second-order valence-corrected chi connectivity index (χ2v) is 9.85. The molecule has 9 nitrogen and oxygen atoms in total. The van der Waals surface area contributed by atoms with Gasteiger partial charge in [-0.2, -0.15) is 0 Å². The summed E-state index contributed by atoms with van der Waals surface area (Å²) in [7, 11) is 0. The average molecular weight is 454 g/mol. The van der Waals surface area contributed by atoms with Crippen molar-refractivity contribution < 1.29 is 19.2 Å². The number of nitrogens with two attached hydrogens (primary N) is 1. The van der Waals surface area contributed by atoms with Gasteiger partial charge in [0.25, 0.3) is 0 Å². The molecule has 0 radical (unpaired) electrons. The lowest BCUT2D eigenvalue weighted by Crippen LogP contribution is -2.41. The van der Waals surface area contributed by atoms with E-state index in [1.165, 1.54) is 0 Å². The van der Waals surface area contributed by atoms with E-state index in [0.29, 0.717) is 30.1 Å². The van der Waals surface area contributed by atoms with E-state index in [-0.39, 0.29) is 17.5 Å². The minimum absolute atomic E-state index is 0.0886. The van der Waals surface area contributed by atoms with Gasteiger partial charge in [-0.05, 0) is 49.9 Å². The zero-order valence-electron chi connectivity index (χ0n) is 19.4. The maximum Gasteiger partial charge on any atom is 0.320 e. The number of nitrogens with zero attached hydrogens (tertiary/aromatic N) is 2. The van der Waals surface area contributed by atoms with Crippen molar-refractivity contribution in [3.8, 4) is 0 Å². The summed E-state index contributed by atoms with van der Waals surface area (Å²) in [5.74, 6) is 0.575. The highest BCUT2D eigenvalue weighted by Gasteiger charge is 2.28. The van der Waals surface area contributed by atoms with Crippen LogP contribution < -0.4 is 16.4 Å². The Morgan fingerprint density at radius 1 is 1.33 bits per heavy atom. The van der Waals surface area contributed by atoms with Crippen LogP contribution in [0.4, 0.5) is 10.6 Å². The molecule has 0 aliphatic heterocycles. The molecule has 176 valence electrons. The van der Waals surface area contributed by atoms with Crippen molar-refractivity contribution in [3.05, 3.63) is 46.8 Å². The van der Waals surface area contributed by atoms with Crippen LogP contribution >= 0.6 is 0 Å². The van der Waals surface area contributed by atoms with Crippen LogP contribution in [0.2, 0.25) is 0 Å². The Bertz CT molecular complexity index is 1200. The van der Waals surface area contributed by atoms with Crippen molar-refractivity contribution in [1.29, 1.82) is 0 Å². The molecule has 33 heavy (non-hydrogen) atoms. The maximum absolute atomic E-state index is 12.6. The van der Waals surface area contributed by atoms with Crippen molar-refractivity contribution in [2.45, 2.75) is 71.1 Å². The summed E-state index contributed by atoms with van der Waals surface area (Å²) in [6.07, 6.45) is 1.60. The fourth-order valence-corrected chi connectivity index (χ4v) is 4.42. The van der Waals surface area contributed by atoms with Crippen LogP contribution in [0.15, 0.2) is 28.8 Å². The molecule has 4 rings (SSSR count). The monoisotopic (exact) mass is 453 g/mol. The van der Waals surface area contributed by atoms with Crippen molar-refractivity contribution in [3.63, 3.8) is 0 Å². The molecule has 3 aromatic rings. The van der Waals surface area contributed by atoms with Gasteiger partial charge in [0.05, 0.1) is 6.10 Å². The summed E-state index contributed by atoms with van der Waals surface area (Å²) >= 11 is 0. The number of aromatic nitrogens is 2. The van der Waals surface area contributed by atoms with Crippen LogP contribution in [0, 0.1) is 0 Å². The number of anilines is 1. The minimum Gasteiger partial charge on any atom is -0.392 e. The first-order valence-corrected chi connectivity index (χ1v) is 11.2. The summed E-state index contributed by atoms with van der Waals surface area (Å²) < 4.78 is 7.44. The van der Waals surface area contributed by atoms with Gasteiger partial charge in [0.1, 0.15) is 5.76 Å². The molecule has 2 unspecified atom stereocenters. The van der Waals surface area contributed by atoms with E-state index in [0.717, 1.165) is 35.0 Å². The van der Waals surface area contributed by atoms with Gasteiger partial charge in [-0.3, -0.25) is 10.1 Å². The molecule has 2 atom stereocenters. The van der Waals surface area contributed by atoms with Gasteiger partial charge in [0.2, 0.25) is 5.91 Å². The Balaban J connectivity index is 1.55. The molecule has 0 bridgehead atoms. The number of nitrogens with one attached hydrogen (secondary N) is 2. The van der Waals surface area contributed by atoms with Crippen molar-refractivity contribution in [1.82, 2.24) is 15.0 Å². The van der Waals surface area contributed by atoms with E-state index < -0.39 is 12.0 Å². The number of benzene rings is 1. The van der Waals surface area contributed by atoms with Gasteiger partial charge in [-0.15, -0.1) is 0 Å². The van der Waals surface area contributed by atoms with E-state index in [4.69, 9.17) is 10.3 Å². The van der Waals surface area contributed by atoms with Crippen LogP contribution in [-0.2, 0) is 24.8 Å². The van der Waals surface area contributed by atoms with Crippen LogP contribution in [0.1, 0.15) is 61.5 Å². The minimum atomic E-state index is -0.511. The summed E-state index contributed by atoms with van der Waals surface area (Å²) in [5.41, 5.74) is 8.88. The number of carbonyl (C=O) groups excluding carboxylic acids is 2. The molecule has 2 heterocycles. The number of fused-ring (bicyclic) bond motifs is 3.